The average Bonchev–Trinajstić information content (AvgIpc) is 3.45. The standard InChI is InChI=1S/C17H16ClN3O6S/c1-27-15-7-6-12(19-17(22)13-9-14(13)21(23)24)8-16(15)28(25,26)20-11-4-2-10(18)3-5-11/h2-8,13-14,20H,9H2,1H3,(H,19,22)/t13-,14-/m1/s1. The molecule has 0 aliphatic heterocycles. The van der Waals surface area contributed by atoms with Gasteiger partial charge in [-0.25, -0.2) is 8.42 Å². The number of nitrogens with zero attached hydrogens (tertiary/aromatic N) is 1. The fourth-order valence-electron chi connectivity index (χ4n) is 2.62. The molecule has 1 fully saturated rings. The van der Waals surface area contributed by atoms with Crippen LogP contribution in [-0.2, 0) is 14.8 Å². The molecule has 11 heteroatoms. The van der Waals surface area contributed by atoms with Gasteiger partial charge in [-0.1, -0.05) is 11.6 Å². The Kier molecular flexibility index (Phi) is 5.43. The molecule has 0 radical (unpaired) electrons. The molecule has 0 spiro atoms. The zero-order valence-corrected chi connectivity index (χ0v) is 16.2. The number of carbonyl (C=O) groups is 1. The number of carbonyl (C=O) groups excluding carboxylic acids is 1. The number of methoxy groups -OCH3 is 1. The third kappa shape index (κ3) is 4.34. The van der Waals surface area contributed by atoms with Crippen LogP contribution in [0, 0.1) is 16.0 Å². The van der Waals surface area contributed by atoms with Crippen LogP contribution in [0.5, 0.6) is 5.75 Å². The fraction of sp³-hybridized carbons (Fsp3) is 0.235. The molecule has 9 nitrogen and oxygen atoms in total. The molecule has 0 aromatic heterocycles. The van der Waals surface area contributed by atoms with E-state index in [4.69, 9.17) is 16.3 Å². The first-order valence-corrected chi connectivity index (χ1v) is 9.98. The number of hydrogen-bond donors (Lipinski definition) is 2. The van der Waals surface area contributed by atoms with Crippen molar-refractivity contribution >= 4 is 38.9 Å². The van der Waals surface area contributed by atoms with E-state index in [1.165, 1.54) is 49.6 Å². The molecule has 1 saturated carbocycles. The Hall–Kier alpha value is -2.85. The topological polar surface area (TPSA) is 128 Å². The zero-order chi connectivity index (χ0) is 20.5. The molecule has 28 heavy (non-hydrogen) atoms. The Morgan fingerprint density at radius 2 is 1.86 bits per heavy atom. The number of nitrogens with one attached hydrogen (secondary N) is 2. The van der Waals surface area contributed by atoms with Crippen LogP contribution in [0.1, 0.15) is 6.42 Å². The number of halogens is 1. The van der Waals surface area contributed by atoms with E-state index in [1.54, 1.807) is 0 Å². The van der Waals surface area contributed by atoms with Crippen molar-refractivity contribution in [2.75, 3.05) is 17.1 Å². The number of sulfonamides is 1. The first kappa shape index (κ1) is 19.9. The van der Waals surface area contributed by atoms with Crippen LogP contribution in [-0.4, -0.2) is 32.4 Å². The van der Waals surface area contributed by atoms with Crippen molar-refractivity contribution in [3.8, 4) is 5.75 Å². The van der Waals surface area contributed by atoms with Gasteiger partial charge in [0.1, 0.15) is 16.6 Å². The number of ether oxygens (including phenoxy) is 1. The molecule has 2 aromatic rings. The fourth-order valence-corrected chi connectivity index (χ4v) is 4.00. The summed E-state index contributed by atoms with van der Waals surface area (Å²) in [4.78, 5) is 22.1. The molecule has 3 rings (SSSR count). The normalized spacial score (nSPS) is 18.2. The molecule has 0 saturated heterocycles. The second-order valence-corrected chi connectivity index (χ2v) is 8.25. The van der Waals surface area contributed by atoms with Crippen molar-refractivity contribution in [3.05, 3.63) is 57.6 Å². The minimum atomic E-state index is -4.03. The van der Waals surface area contributed by atoms with E-state index >= 15 is 0 Å². The molecule has 0 bridgehead atoms. The van der Waals surface area contributed by atoms with Gasteiger partial charge in [-0.05, 0) is 42.5 Å². The van der Waals surface area contributed by atoms with E-state index in [-0.39, 0.29) is 22.8 Å². The lowest BCUT2D eigenvalue weighted by molar-refractivity contribution is -0.497. The largest absolute Gasteiger partial charge is 0.495 e. The van der Waals surface area contributed by atoms with Crippen molar-refractivity contribution in [1.82, 2.24) is 0 Å². The van der Waals surface area contributed by atoms with Crippen LogP contribution in [0.25, 0.3) is 0 Å². The number of benzene rings is 2. The monoisotopic (exact) mass is 425 g/mol. The molecule has 2 atom stereocenters. The molecule has 2 N–H and O–H groups in total. The predicted molar refractivity (Wildman–Crippen MR) is 103 cm³/mol. The van der Waals surface area contributed by atoms with Gasteiger partial charge in [0.2, 0.25) is 11.9 Å². The van der Waals surface area contributed by atoms with E-state index in [1.807, 2.05) is 0 Å². The summed E-state index contributed by atoms with van der Waals surface area (Å²) in [5, 5.41) is 13.7. The molecule has 0 unspecified atom stereocenters. The van der Waals surface area contributed by atoms with Gasteiger partial charge >= 0.3 is 0 Å². The van der Waals surface area contributed by atoms with Gasteiger partial charge in [0.25, 0.3) is 10.0 Å². The molecular formula is C17H16ClN3O6S. The maximum atomic E-state index is 12.8. The number of anilines is 2. The molecule has 1 amide bonds. The minimum Gasteiger partial charge on any atom is -0.495 e. The van der Waals surface area contributed by atoms with E-state index in [2.05, 4.69) is 10.0 Å². The Labute approximate surface area is 165 Å². The highest BCUT2D eigenvalue weighted by atomic mass is 35.5. The van der Waals surface area contributed by atoms with Gasteiger partial charge in [-0.15, -0.1) is 0 Å². The van der Waals surface area contributed by atoms with Gasteiger partial charge in [-0.2, -0.15) is 0 Å². The first-order chi connectivity index (χ1) is 13.2. The summed E-state index contributed by atoms with van der Waals surface area (Å²) in [6.07, 6.45) is 0.165. The Balaban J connectivity index is 1.83. The summed E-state index contributed by atoms with van der Waals surface area (Å²) in [5.41, 5.74) is 0.490. The molecule has 0 heterocycles. The highest BCUT2D eigenvalue weighted by molar-refractivity contribution is 7.92. The van der Waals surface area contributed by atoms with Crippen molar-refractivity contribution in [2.45, 2.75) is 17.4 Å². The first-order valence-electron chi connectivity index (χ1n) is 8.12. The lowest BCUT2D eigenvalue weighted by Crippen LogP contribution is -2.19. The second kappa shape index (κ2) is 7.64. The number of rotatable bonds is 7. The minimum absolute atomic E-state index is 0.0778. The number of nitro groups is 1. The lowest BCUT2D eigenvalue weighted by Gasteiger charge is -2.13. The molecule has 148 valence electrons. The Morgan fingerprint density at radius 3 is 2.43 bits per heavy atom. The van der Waals surface area contributed by atoms with Crippen molar-refractivity contribution in [3.63, 3.8) is 0 Å². The summed E-state index contributed by atoms with van der Waals surface area (Å²) in [6, 6.07) is 9.27. The Morgan fingerprint density at radius 1 is 1.21 bits per heavy atom. The second-order valence-electron chi connectivity index (χ2n) is 6.16. The van der Waals surface area contributed by atoms with Crippen molar-refractivity contribution in [1.29, 1.82) is 0 Å². The van der Waals surface area contributed by atoms with Gasteiger partial charge in [0.15, 0.2) is 0 Å². The van der Waals surface area contributed by atoms with Crippen LogP contribution in [0.3, 0.4) is 0 Å². The van der Waals surface area contributed by atoms with Crippen LogP contribution in [0.15, 0.2) is 47.4 Å². The van der Waals surface area contributed by atoms with E-state index in [0.29, 0.717) is 10.7 Å². The highest BCUT2D eigenvalue weighted by Crippen LogP contribution is 2.35. The van der Waals surface area contributed by atoms with Crippen LogP contribution < -0.4 is 14.8 Å². The highest BCUT2D eigenvalue weighted by Gasteiger charge is 2.53. The van der Waals surface area contributed by atoms with E-state index < -0.39 is 32.8 Å². The quantitative estimate of drug-likeness (QED) is 0.518. The summed E-state index contributed by atoms with van der Waals surface area (Å²) >= 11 is 5.80. The average molecular weight is 426 g/mol. The molecule has 1 aliphatic rings. The summed E-state index contributed by atoms with van der Waals surface area (Å²) < 4.78 is 33.1. The smallest absolute Gasteiger partial charge is 0.265 e. The molecular weight excluding hydrogens is 410 g/mol. The SMILES string of the molecule is COc1ccc(NC(=O)[C@@H]2C[C@H]2[N+](=O)[O-])cc1S(=O)(=O)Nc1ccc(Cl)cc1. The summed E-state index contributed by atoms with van der Waals surface area (Å²) in [7, 11) is -2.71. The Bertz CT molecular complexity index is 1030. The van der Waals surface area contributed by atoms with Gasteiger partial charge < -0.3 is 10.1 Å². The van der Waals surface area contributed by atoms with Gasteiger partial charge in [-0.3, -0.25) is 19.6 Å². The maximum absolute atomic E-state index is 12.8. The number of hydrogen-bond acceptors (Lipinski definition) is 6. The summed E-state index contributed by atoms with van der Waals surface area (Å²) in [5.74, 6) is -1.17. The van der Waals surface area contributed by atoms with E-state index in [9.17, 15) is 23.3 Å². The lowest BCUT2D eigenvalue weighted by atomic mass is 10.3. The predicted octanol–water partition coefficient (Wildman–Crippen LogP) is 2.75. The van der Waals surface area contributed by atoms with Crippen molar-refractivity contribution in [2.24, 2.45) is 5.92 Å². The number of amides is 1. The van der Waals surface area contributed by atoms with E-state index in [0.717, 1.165) is 0 Å². The van der Waals surface area contributed by atoms with Crippen LogP contribution in [0.4, 0.5) is 11.4 Å². The molecule has 2 aromatic carbocycles. The molecule has 1 aliphatic carbocycles. The van der Waals surface area contributed by atoms with Gasteiger partial charge in [0, 0.05) is 27.7 Å². The van der Waals surface area contributed by atoms with Crippen LogP contribution in [0.2, 0.25) is 5.02 Å². The van der Waals surface area contributed by atoms with Crippen LogP contribution >= 0.6 is 11.6 Å². The third-order valence-corrected chi connectivity index (χ3v) is 5.84. The van der Waals surface area contributed by atoms with Gasteiger partial charge in [0.05, 0.1) is 7.11 Å². The summed E-state index contributed by atoms with van der Waals surface area (Å²) in [6.45, 7) is 0. The third-order valence-electron chi connectivity index (χ3n) is 4.18. The maximum Gasteiger partial charge on any atom is 0.265 e. The zero-order valence-electron chi connectivity index (χ0n) is 14.6. The van der Waals surface area contributed by atoms with Crippen molar-refractivity contribution < 1.29 is 22.9 Å².